The summed E-state index contributed by atoms with van der Waals surface area (Å²) in [6.07, 6.45) is -0.314. The predicted octanol–water partition coefficient (Wildman–Crippen LogP) is 0.748. The number of halogens is 1. The Bertz CT molecular complexity index is 520. The number of amides is 1. The molecule has 0 radical (unpaired) electrons. The van der Waals surface area contributed by atoms with Crippen LogP contribution in [0.3, 0.4) is 0 Å². The number of hydrogen-bond donors (Lipinski definition) is 1. The Morgan fingerprint density at radius 3 is 2.50 bits per heavy atom. The maximum absolute atomic E-state index is 13.6. The minimum atomic E-state index is -0.713. The molecule has 1 rings (SSSR count). The molecular weight excluding hydrogens is 291 g/mol. The van der Waals surface area contributed by atoms with Gasteiger partial charge in [-0.05, 0) is 12.1 Å². The van der Waals surface area contributed by atoms with E-state index in [0.717, 1.165) is 18.3 Å². The van der Waals surface area contributed by atoms with Crippen LogP contribution < -0.4 is 10.5 Å². The zero-order valence-electron chi connectivity index (χ0n) is 9.74. The summed E-state index contributed by atoms with van der Waals surface area (Å²) in [4.78, 5) is 10.7. The van der Waals surface area contributed by atoms with E-state index in [4.69, 9.17) is 21.0 Å². The second-order valence-electron chi connectivity index (χ2n) is 3.02. The first-order chi connectivity index (χ1) is 8.51. The van der Waals surface area contributed by atoms with Crippen LogP contribution in [0.2, 0.25) is 0 Å². The van der Waals surface area contributed by atoms with Crippen LogP contribution >= 0.6 is 0 Å². The molecule has 0 aliphatic rings. The summed E-state index contributed by atoms with van der Waals surface area (Å²) in [5.74, 6) is -1.42. The van der Waals surface area contributed by atoms with Gasteiger partial charge in [0.1, 0.15) is 0 Å². The summed E-state index contributed by atoms with van der Waals surface area (Å²) in [7, 11) is 1.30. The van der Waals surface area contributed by atoms with Gasteiger partial charge in [0.2, 0.25) is 5.91 Å². The van der Waals surface area contributed by atoms with Crippen LogP contribution in [-0.4, -0.2) is 13.0 Å². The maximum atomic E-state index is 13.6. The van der Waals surface area contributed by atoms with Crippen LogP contribution in [0.5, 0.6) is 5.75 Å². The molecule has 7 heteroatoms. The van der Waals surface area contributed by atoms with E-state index in [0.29, 0.717) is 0 Å². The van der Waals surface area contributed by atoms with Gasteiger partial charge in [-0.2, -0.15) is 5.26 Å². The van der Waals surface area contributed by atoms with Gasteiger partial charge in [-0.1, -0.05) is 0 Å². The van der Waals surface area contributed by atoms with Gasteiger partial charge >= 0.3 is 28.2 Å². The monoisotopic (exact) mass is 298 g/mol. The summed E-state index contributed by atoms with van der Waals surface area (Å²) in [5, 5.41) is 16.1. The number of carbonyl (C=O) groups is 1. The molecule has 18 heavy (non-hydrogen) atoms. The Balaban J connectivity index is 0.000000873. The average Bonchev–Trinajstić information content (AvgIpc) is 2.32. The quantitative estimate of drug-likeness (QED) is 0.832. The zero-order chi connectivity index (χ0) is 14.1. The van der Waals surface area contributed by atoms with E-state index < -0.39 is 11.7 Å². The van der Waals surface area contributed by atoms with Gasteiger partial charge in [-0.15, -0.1) is 0 Å². The van der Waals surface area contributed by atoms with Crippen molar-refractivity contribution in [1.29, 1.82) is 10.5 Å². The van der Waals surface area contributed by atoms with Crippen molar-refractivity contribution in [2.75, 3.05) is 7.11 Å². The van der Waals surface area contributed by atoms with Crippen molar-refractivity contribution < 1.29 is 32.2 Å². The van der Waals surface area contributed by atoms with E-state index in [9.17, 15) is 9.18 Å². The number of hydrogen-bond acceptors (Lipinski definition) is 4. The number of nitrogens with two attached hydrogens (primary N) is 1. The molecule has 0 aliphatic carbocycles. The fourth-order valence-corrected chi connectivity index (χ4v) is 1.21. The number of rotatable bonds is 3. The van der Waals surface area contributed by atoms with Crippen molar-refractivity contribution in [2.45, 2.75) is 6.42 Å². The molecule has 5 nitrogen and oxygen atoms in total. The number of methoxy groups -OCH3 is 1. The molecule has 0 aliphatic heterocycles. The topological polar surface area (TPSA) is 99.9 Å². The first kappa shape index (κ1) is 16.0. The normalized spacial score (nSPS) is 8.33. The summed E-state index contributed by atoms with van der Waals surface area (Å²) in [5.41, 5.74) is 5.02. The fraction of sp³-hybridized carbons (Fsp3) is 0.182. The van der Waals surface area contributed by atoms with Gasteiger partial charge in [-0.25, -0.2) is 4.39 Å². The Hall–Kier alpha value is -1.98. The Labute approximate surface area is 114 Å². The number of carbonyl (C=O) groups excluding carboxylic acids is 1. The van der Waals surface area contributed by atoms with Crippen molar-refractivity contribution in [3.05, 3.63) is 29.1 Å². The van der Waals surface area contributed by atoms with Gasteiger partial charge in [0.25, 0.3) is 0 Å². The van der Waals surface area contributed by atoms with E-state index in [1.165, 1.54) is 19.2 Å². The van der Waals surface area contributed by atoms with E-state index >= 15 is 0 Å². The molecular formula is C11H9FN3O2Zn. The molecule has 0 fully saturated rings. The molecule has 89 valence electrons. The van der Waals surface area contributed by atoms with E-state index in [1.54, 1.807) is 6.07 Å². The van der Waals surface area contributed by atoms with Gasteiger partial charge in [-0.3, -0.25) is 4.79 Å². The fourth-order valence-electron chi connectivity index (χ4n) is 1.21. The number of primary amides is 1. The zero-order valence-corrected chi connectivity index (χ0v) is 12.7. The van der Waals surface area contributed by atoms with Crippen molar-refractivity contribution in [3.63, 3.8) is 0 Å². The molecule has 0 bridgehead atoms. The van der Waals surface area contributed by atoms with Crippen LogP contribution in [0, 0.1) is 27.1 Å². The molecule has 0 unspecified atom stereocenters. The molecule has 0 spiro atoms. The third-order valence-corrected chi connectivity index (χ3v) is 1.90. The van der Waals surface area contributed by atoms with Gasteiger partial charge in [0, 0.05) is 5.56 Å². The number of nitriles is 2. The number of benzene rings is 1. The summed E-state index contributed by atoms with van der Waals surface area (Å²) in [6.45, 7) is 0. The first-order valence-corrected chi connectivity index (χ1v) is 6.20. The van der Waals surface area contributed by atoms with Crippen molar-refractivity contribution >= 4 is 5.91 Å². The first-order valence-electron chi connectivity index (χ1n) is 4.71. The standard InChI is InChI=1S/C10H9FN2O2.CN.Zn/c1-15-8-3-2-6(5-12)7(10(8)11)4-9(13)14;1-2;/h2-3H,4H2,1H3,(H2,13,14);;. The van der Waals surface area contributed by atoms with Crippen LogP contribution in [0.1, 0.15) is 11.1 Å². The van der Waals surface area contributed by atoms with Crippen molar-refractivity contribution in [2.24, 2.45) is 5.73 Å². The number of ether oxygens (including phenoxy) is 1. The molecule has 0 saturated carbocycles. The molecule has 0 heterocycles. The minimum absolute atomic E-state index is 0.00903. The van der Waals surface area contributed by atoms with Crippen molar-refractivity contribution in [1.82, 2.24) is 0 Å². The predicted molar refractivity (Wildman–Crippen MR) is 56.2 cm³/mol. The summed E-state index contributed by atoms with van der Waals surface area (Å²) >= 11 is 0.750. The molecule has 1 aromatic carbocycles. The van der Waals surface area contributed by atoms with Crippen LogP contribution in [-0.2, 0) is 29.5 Å². The van der Waals surface area contributed by atoms with Gasteiger partial charge in [0.05, 0.1) is 25.2 Å². The second-order valence-corrected chi connectivity index (χ2v) is 3.68. The molecule has 1 aromatic rings. The molecule has 2 N–H and O–H groups in total. The van der Waals surface area contributed by atoms with Crippen LogP contribution in [0.4, 0.5) is 4.39 Å². The Kier molecular flexibility index (Phi) is 7.27. The van der Waals surface area contributed by atoms with Crippen LogP contribution in [0.15, 0.2) is 12.1 Å². The second kappa shape index (κ2) is 8.16. The summed E-state index contributed by atoms with van der Waals surface area (Å²) in [6, 6.07) is 4.51. The average molecular weight is 300 g/mol. The van der Waals surface area contributed by atoms with Gasteiger partial charge in [0.15, 0.2) is 11.6 Å². The summed E-state index contributed by atoms with van der Waals surface area (Å²) < 4.78 is 20.2. The molecule has 0 saturated heterocycles. The number of nitrogens with zero attached hydrogens (tertiary/aromatic N) is 2. The van der Waals surface area contributed by atoms with E-state index in [2.05, 4.69) is 0 Å². The van der Waals surface area contributed by atoms with Crippen molar-refractivity contribution in [3.8, 4) is 16.5 Å². The van der Waals surface area contributed by atoms with E-state index in [1.807, 2.05) is 4.66 Å². The van der Waals surface area contributed by atoms with Crippen LogP contribution in [0.25, 0.3) is 0 Å². The Morgan fingerprint density at radius 2 is 2.11 bits per heavy atom. The van der Waals surface area contributed by atoms with Gasteiger partial charge < -0.3 is 10.5 Å². The molecule has 1 amide bonds. The Morgan fingerprint density at radius 1 is 1.56 bits per heavy atom. The third-order valence-electron chi connectivity index (χ3n) is 1.90. The van der Waals surface area contributed by atoms with E-state index in [-0.39, 0.29) is 23.3 Å². The molecule has 0 aromatic heterocycles. The third kappa shape index (κ3) is 4.49. The molecule has 0 atom stereocenters. The SMILES string of the molecule is COc1ccc(C#N)c(CC(N)=O)c1F.N#[C][Zn].